The normalized spacial score (nSPS) is 21.9. The van der Waals surface area contributed by atoms with Crippen LogP contribution in [0.4, 0.5) is 0 Å². The highest BCUT2D eigenvalue weighted by Crippen LogP contribution is 2.49. The average molecular weight is 287 g/mol. The van der Waals surface area contributed by atoms with E-state index in [1.807, 2.05) is 18.2 Å². The van der Waals surface area contributed by atoms with Crippen LogP contribution in [0.1, 0.15) is 24.8 Å². The second-order valence-corrected chi connectivity index (χ2v) is 6.22. The molecule has 4 heteroatoms. The molecule has 1 aromatic carbocycles. The number of hydrogen-bond acceptors (Lipinski definition) is 3. The molecular formula is C17H25N3O. The molecule has 0 radical (unpaired) electrons. The lowest BCUT2D eigenvalue weighted by Gasteiger charge is -2.26. The predicted octanol–water partition coefficient (Wildman–Crippen LogP) is 1.21. The molecule has 1 aromatic rings. The van der Waals surface area contributed by atoms with Crippen molar-refractivity contribution >= 4 is 5.91 Å². The van der Waals surface area contributed by atoms with E-state index in [1.54, 1.807) is 0 Å². The van der Waals surface area contributed by atoms with Crippen LogP contribution in [0.3, 0.4) is 0 Å². The number of carbonyl (C=O) groups is 1. The molecule has 4 nitrogen and oxygen atoms in total. The Kier molecular flexibility index (Phi) is 4.27. The minimum absolute atomic E-state index is 0.218. The minimum atomic E-state index is -0.218. The first kappa shape index (κ1) is 14.5. The van der Waals surface area contributed by atoms with Crippen LogP contribution in [0.25, 0.3) is 0 Å². The SMILES string of the molecule is NCCN1CCCN(C(=O)C2(c3ccccc3)CC2)CC1. The summed E-state index contributed by atoms with van der Waals surface area (Å²) in [7, 11) is 0. The zero-order valence-electron chi connectivity index (χ0n) is 12.6. The van der Waals surface area contributed by atoms with Crippen molar-refractivity contribution in [3.05, 3.63) is 35.9 Å². The van der Waals surface area contributed by atoms with Crippen molar-refractivity contribution in [2.24, 2.45) is 5.73 Å². The molecule has 1 aliphatic heterocycles. The highest BCUT2D eigenvalue weighted by Gasteiger charge is 2.52. The fourth-order valence-electron chi connectivity index (χ4n) is 3.39. The lowest BCUT2D eigenvalue weighted by atomic mass is 9.94. The monoisotopic (exact) mass is 287 g/mol. The number of carbonyl (C=O) groups excluding carboxylic acids is 1. The molecule has 1 aliphatic carbocycles. The van der Waals surface area contributed by atoms with Gasteiger partial charge >= 0.3 is 0 Å². The van der Waals surface area contributed by atoms with Crippen LogP contribution in [0.2, 0.25) is 0 Å². The van der Waals surface area contributed by atoms with Gasteiger partial charge in [0.25, 0.3) is 0 Å². The quantitative estimate of drug-likeness (QED) is 0.905. The Bertz CT molecular complexity index is 484. The topological polar surface area (TPSA) is 49.6 Å². The van der Waals surface area contributed by atoms with Gasteiger partial charge in [0.05, 0.1) is 5.41 Å². The molecule has 0 unspecified atom stereocenters. The van der Waals surface area contributed by atoms with Crippen LogP contribution >= 0.6 is 0 Å². The Labute approximate surface area is 126 Å². The van der Waals surface area contributed by atoms with Gasteiger partial charge in [0.1, 0.15) is 0 Å². The first-order valence-electron chi connectivity index (χ1n) is 8.03. The standard InChI is InChI=1S/C17H25N3O/c18-9-12-19-10-4-11-20(14-13-19)16(21)17(7-8-17)15-5-2-1-3-6-15/h1-3,5-6H,4,7-14,18H2. The van der Waals surface area contributed by atoms with E-state index in [0.717, 1.165) is 52.0 Å². The number of amides is 1. The summed E-state index contributed by atoms with van der Waals surface area (Å²) < 4.78 is 0. The third kappa shape index (κ3) is 2.97. The van der Waals surface area contributed by atoms with E-state index in [-0.39, 0.29) is 5.41 Å². The molecule has 21 heavy (non-hydrogen) atoms. The molecule has 3 rings (SSSR count). The zero-order chi connectivity index (χ0) is 14.7. The van der Waals surface area contributed by atoms with Gasteiger partial charge in [0, 0.05) is 32.7 Å². The van der Waals surface area contributed by atoms with Gasteiger partial charge in [0.2, 0.25) is 5.91 Å². The average Bonchev–Trinajstić information content (AvgIpc) is 3.33. The maximum absolute atomic E-state index is 13.0. The van der Waals surface area contributed by atoms with Gasteiger partial charge in [-0.3, -0.25) is 4.79 Å². The highest BCUT2D eigenvalue weighted by atomic mass is 16.2. The summed E-state index contributed by atoms with van der Waals surface area (Å²) in [5.74, 6) is 0.336. The smallest absolute Gasteiger partial charge is 0.233 e. The first-order valence-corrected chi connectivity index (χ1v) is 8.03. The summed E-state index contributed by atoms with van der Waals surface area (Å²) in [5.41, 5.74) is 6.61. The Morgan fingerprint density at radius 2 is 1.86 bits per heavy atom. The third-order valence-corrected chi connectivity index (χ3v) is 4.81. The molecule has 1 heterocycles. The van der Waals surface area contributed by atoms with Crippen molar-refractivity contribution in [2.45, 2.75) is 24.7 Å². The number of benzene rings is 1. The summed E-state index contributed by atoms with van der Waals surface area (Å²) in [6.07, 6.45) is 3.05. The number of hydrogen-bond donors (Lipinski definition) is 1. The summed E-state index contributed by atoms with van der Waals surface area (Å²) in [4.78, 5) is 17.4. The summed E-state index contributed by atoms with van der Waals surface area (Å²) in [5, 5.41) is 0. The van der Waals surface area contributed by atoms with Crippen LogP contribution in [-0.4, -0.2) is 55.0 Å². The van der Waals surface area contributed by atoms with Crippen LogP contribution in [0.5, 0.6) is 0 Å². The third-order valence-electron chi connectivity index (χ3n) is 4.81. The zero-order valence-corrected chi connectivity index (χ0v) is 12.6. The van der Waals surface area contributed by atoms with E-state index in [2.05, 4.69) is 21.9 Å². The van der Waals surface area contributed by atoms with Crippen molar-refractivity contribution in [1.29, 1.82) is 0 Å². The molecule has 1 saturated carbocycles. The molecule has 0 spiro atoms. The lowest BCUT2D eigenvalue weighted by molar-refractivity contribution is -0.133. The molecule has 1 saturated heterocycles. The van der Waals surface area contributed by atoms with E-state index >= 15 is 0 Å². The second kappa shape index (κ2) is 6.16. The number of nitrogens with zero attached hydrogens (tertiary/aromatic N) is 2. The van der Waals surface area contributed by atoms with E-state index in [1.165, 1.54) is 5.56 Å². The van der Waals surface area contributed by atoms with Crippen molar-refractivity contribution in [3.8, 4) is 0 Å². The van der Waals surface area contributed by atoms with Crippen molar-refractivity contribution in [2.75, 3.05) is 39.3 Å². The van der Waals surface area contributed by atoms with Crippen LogP contribution < -0.4 is 5.73 Å². The molecule has 1 amide bonds. The molecular weight excluding hydrogens is 262 g/mol. The Hall–Kier alpha value is -1.39. The molecule has 114 valence electrons. The van der Waals surface area contributed by atoms with E-state index in [0.29, 0.717) is 12.5 Å². The minimum Gasteiger partial charge on any atom is -0.341 e. The predicted molar refractivity (Wildman–Crippen MR) is 84.0 cm³/mol. The Balaban J connectivity index is 1.68. The van der Waals surface area contributed by atoms with E-state index in [9.17, 15) is 4.79 Å². The maximum atomic E-state index is 13.0. The molecule has 2 N–H and O–H groups in total. The molecule has 2 fully saturated rings. The van der Waals surface area contributed by atoms with Crippen molar-refractivity contribution in [3.63, 3.8) is 0 Å². The van der Waals surface area contributed by atoms with Crippen LogP contribution in [-0.2, 0) is 10.2 Å². The largest absolute Gasteiger partial charge is 0.341 e. The summed E-state index contributed by atoms with van der Waals surface area (Å²) >= 11 is 0. The Morgan fingerprint density at radius 3 is 2.52 bits per heavy atom. The van der Waals surface area contributed by atoms with Gasteiger partial charge < -0.3 is 15.5 Å². The van der Waals surface area contributed by atoms with Gasteiger partial charge in [-0.15, -0.1) is 0 Å². The van der Waals surface area contributed by atoms with Gasteiger partial charge in [-0.1, -0.05) is 30.3 Å². The number of rotatable bonds is 4. The molecule has 0 atom stereocenters. The van der Waals surface area contributed by atoms with Gasteiger partial charge in [-0.2, -0.15) is 0 Å². The molecule has 0 bridgehead atoms. The maximum Gasteiger partial charge on any atom is 0.233 e. The number of nitrogens with two attached hydrogens (primary N) is 1. The molecule has 0 aromatic heterocycles. The van der Waals surface area contributed by atoms with Crippen molar-refractivity contribution in [1.82, 2.24) is 9.80 Å². The van der Waals surface area contributed by atoms with E-state index < -0.39 is 0 Å². The fraction of sp³-hybridized carbons (Fsp3) is 0.588. The molecule has 2 aliphatic rings. The lowest BCUT2D eigenvalue weighted by Crippen LogP contribution is -2.41. The Morgan fingerprint density at radius 1 is 1.10 bits per heavy atom. The van der Waals surface area contributed by atoms with E-state index in [4.69, 9.17) is 5.73 Å². The second-order valence-electron chi connectivity index (χ2n) is 6.22. The fourth-order valence-corrected chi connectivity index (χ4v) is 3.39. The van der Waals surface area contributed by atoms with Crippen LogP contribution in [0, 0.1) is 0 Å². The van der Waals surface area contributed by atoms with Gasteiger partial charge in [-0.05, 0) is 31.4 Å². The first-order chi connectivity index (χ1) is 10.3. The van der Waals surface area contributed by atoms with Gasteiger partial charge in [0.15, 0.2) is 0 Å². The van der Waals surface area contributed by atoms with Crippen LogP contribution in [0.15, 0.2) is 30.3 Å². The van der Waals surface area contributed by atoms with Crippen molar-refractivity contribution < 1.29 is 4.79 Å². The summed E-state index contributed by atoms with van der Waals surface area (Å²) in [6, 6.07) is 10.3. The summed E-state index contributed by atoms with van der Waals surface area (Å²) in [6.45, 7) is 5.36. The highest BCUT2D eigenvalue weighted by molar-refractivity contribution is 5.91. The van der Waals surface area contributed by atoms with Gasteiger partial charge in [-0.25, -0.2) is 0 Å².